The molecule has 0 N–H and O–H groups in total. The fraction of sp³-hybridized carbons (Fsp3) is 0.0556. The van der Waals surface area contributed by atoms with Crippen LogP contribution >= 0.6 is 0 Å². The predicted octanol–water partition coefficient (Wildman–Crippen LogP) is 3.67. The second-order valence-electron chi connectivity index (χ2n) is 4.34. The molecule has 1 heterocycles. The summed E-state index contributed by atoms with van der Waals surface area (Å²) < 4.78 is 5.53. The van der Waals surface area contributed by atoms with Gasteiger partial charge in [-0.2, -0.15) is 0 Å². The molecular formula is C18H13NO. The third-order valence-electron chi connectivity index (χ3n) is 2.93. The van der Waals surface area contributed by atoms with Crippen molar-refractivity contribution >= 4 is 10.8 Å². The fourth-order valence-corrected chi connectivity index (χ4v) is 1.94. The quantitative estimate of drug-likeness (QED) is 0.655. The number of nitrogens with zero attached hydrogens (tertiary/aromatic N) is 1. The summed E-state index contributed by atoms with van der Waals surface area (Å²) >= 11 is 0. The Morgan fingerprint density at radius 1 is 0.950 bits per heavy atom. The Hall–Kier alpha value is -2.79. The smallest absolute Gasteiger partial charge is 0.149 e. The molecule has 0 aliphatic heterocycles. The maximum atomic E-state index is 5.53. The summed E-state index contributed by atoms with van der Waals surface area (Å²) in [5.41, 5.74) is 0.974. The lowest BCUT2D eigenvalue weighted by atomic mass is 10.1. The maximum absolute atomic E-state index is 5.53. The highest BCUT2D eigenvalue weighted by molar-refractivity contribution is 5.82. The van der Waals surface area contributed by atoms with Crippen LogP contribution in [0.5, 0.6) is 5.75 Å². The molecule has 96 valence electrons. The number of fused-ring (bicyclic) bond motifs is 1. The zero-order valence-electron chi connectivity index (χ0n) is 10.9. The number of para-hydroxylation sites is 1. The SMILES string of the molecule is C(#Cc1ccc2ccncc2c1)COc1ccccc1. The van der Waals surface area contributed by atoms with Gasteiger partial charge in [0.2, 0.25) is 0 Å². The maximum Gasteiger partial charge on any atom is 0.149 e. The van der Waals surface area contributed by atoms with Crippen molar-refractivity contribution in [3.63, 3.8) is 0 Å². The number of benzene rings is 2. The standard InChI is InChI=1S/C18H13NO/c1-2-6-18(7-3-1)20-12-4-5-15-8-9-16-10-11-19-14-17(16)13-15/h1-3,6-11,13-14H,12H2. The number of pyridine rings is 1. The van der Waals surface area contributed by atoms with Gasteiger partial charge >= 0.3 is 0 Å². The van der Waals surface area contributed by atoms with Crippen LogP contribution in [0.15, 0.2) is 67.0 Å². The summed E-state index contributed by atoms with van der Waals surface area (Å²) in [6.45, 7) is 0.384. The number of hydrogen-bond donors (Lipinski definition) is 0. The molecule has 2 nitrogen and oxygen atoms in total. The predicted molar refractivity (Wildman–Crippen MR) is 80.6 cm³/mol. The molecule has 0 radical (unpaired) electrons. The Bertz CT molecular complexity index is 769. The molecule has 3 aromatic rings. The summed E-state index contributed by atoms with van der Waals surface area (Å²) in [6, 6.07) is 17.8. The van der Waals surface area contributed by atoms with Crippen molar-refractivity contribution in [2.45, 2.75) is 0 Å². The molecule has 0 aliphatic rings. The van der Waals surface area contributed by atoms with E-state index in [1.165, 1.54) is 5.39 Å². The molecule has 2 heteroatoms. The van der Waals surface area contributed by atoms with E-state index in [1.807, 2.05) is 54.7 Å². The zero-order chi connectivity index (χ0) is 13.6. The van der Waals surface area contributed by atoms with Crippen molar-refractivity contribution in [1.29, 1.82) is 0 Å². The Balaban J connectivity index is 1.69. The van der Waals surface area contributed by atoms with Crippen molar-refractivity contribution in [1.82, 2.24) is 4.98 Å². The van der Waals surface area contributed by atoms with Gasteiger partial charge in [-0.3, -0.25) is 4.98 Å². The van der Waals surface area contributed by atoms with E-state index in [9.17, 15) is 0 Å². The molecule has 3 rings (SSSR count). The summed E-state index contributed by atoms with van der Waals surface area (Å²) in [5, 5.41) is 2.27. The van der Waals surface area contributed by atoms with E-state index in [4.69, 9.17) is 4.74 Å². The van der Waals surface area contributed by atoms with Crippen LogP contribution in [0.3, 0.4) is 0 Å². The molecule has 1 aromatic heterocycles. The minimum Gasteiger partial charge on any atom is -0.481 e. The fourth-order valence-electron chi connectivity index (χ4n) is 1.94. The molecule has 0 aliphatic carbocycles. The van der Waals surface area contributed by atoms with Crippen LogP contribution in [0.1, 0.15) is 5.56 Å². The lowest BCUT2D eigenvalue weighted by molar-refractivity contribution is 0.370. The van der Waals surface area contributed by atoms with Gasteiger partial charge in [-0.1, -0.05) is 36.1 Å². The van der Waals surface area contributed by atoms with Crippen LogP contribution in [0, 0.1) is 11.8 Å². The van der Waals surface area contributed by atoms with Gasteiger partial charge in [-0.05, 0) is 35.7 Å². The number of aromatic nitrogens is 1. The van der Waals surface area contributed by atoms with E-state index >= 15 is 0 Å². The van der Waals surface area contributed by atoms with E-state index in [0.29, 0.717) is 6.61 Å². The number of rotatable bonds is 2. The van der Waals surface area contributed by atoms with Crippen LogP contribution in [0.25, 0.3) is 10.8 Å². The Labute approximate surface area is 118 Å². The molecule has 0 fully saturated rings. The van der Waals surface area contributed by atoms with Gasteiger partial charge in [0.1, 0.15) is 12.4 Å². The highest BCUT2D eigenvalue weighted by Crippen LogP contribution is 2.13. The first-order chi connectivity index (χ1) is 9.92. The first-order valence-electron chi connectivity index (χ1n) is 6.42. The van der Waals surface area contributed by atoms with Crippen LogP contribution in [0.4, 0.5) is 0 Å². The lowest BCUT2D eigenvalue weighted by Gasteiger charge is -2.00. The minimum absolute atomic E-state index is 0.384. The van der Waals surface area contributed by atoms with Gasteiger partial charge in [-0.25, -0.2) is 0 Å². The first kappa shape index (κ1) is 12.3. The van der Waals surface area contributed by atoms with Crippen molar-refractivity contribution in [3.8, 4) is 17.6 Å². The highest BCUT2D eigenvalue weighted by Gasteiger charge is 1.93. The Morgan fingerprint density at radius 2 is 1.85 bits per heavy atom. The monoisotopic (exact) mass is 259 g/mol. The van der Waals surface area contributed by atoms with Gasteiger partial charge < -0.3 is 4.74 Å². The second-order valence-corrected chi connectivity index (χ2v) is 4.34. The van der Waals surface area contributed by atoms with Crippen LogP contribution < -0.4 is 4.74 Å². The van der Waals surface area contributed by atoms with Crippen molar-refractivity contribution in [3.05, 3.63) is 72.6 Å². The molecule has 20 heavy (non-hydrogen) atoms. The first-order valence-corrected chi connectivity index (χ1v) is 6.42. The summed E-state index contributed by atoms with van der Waals surface area (Å²) in [6.07, 6.45) is 3.64. The molecule has 0 unspecified atom stereocenters. The number of hydrogen-bond acceptors (Lipinski definition) is 2. The Morgan fingerprint density at radius 3 is 2.75 bits per heavy atom. The van der Waals surface area contributed by atoms with E-state index in [-0.39, 0.29) is 0 Å². The van der Waals surface area contributed by atoms with Crippen LogP contribution in [-0.2, 0) is 0 Å². The average Bonchev–Trinajstić information content (AvgIpc) is 2.52. The molecule has 0 bridgehead atoms. The van der Waals surface area contributed by atoms with Crippen molar-refractivity contribution in [2.75, 3.05) is 6.61 Å². The van der Waals surface area contributed by atoms with Crippen molar-refractivity contribution in [2.24, 2.45) is 0 Å². The summed E-state index contributed by atoms with van der Waals surface area (Å²) in [4.78, 5) is 4.12. The summed E-state index contributed by atoms with van der Waals surface area (Å²) in [5.74, 6) is 6.96. The van der Waals surface area contributed by atoms with Crippen LogP contribution in [-0.4, -0.2) is 11.6 Å². The normalized spacial score (nSPS) is 9.80. The van der Waals surface area contributed by atoms with E-state index < -0.39 is 0 Å². The number of ether oxygens (including phenoxy) is 1. The molecule has 0 spiro atoms. The van der Waals surface area contributed by atoms with E-state index in [2.05, 4.69) is 22.9 Å². The third kappa shape index (κ3) is 2.96. The Kier molecular flexibility index (Phi) is 3.62. The van der Waals surface area contributed by atoms with Gasteiger partial charge in [0.15, 0.2) is 0 Å². The molecule has 0 saturated heterocycles. The van der Waals surface area contributed by atoms with Gasteiger partial charge in [0.25, 0.3) is 0 Å². The van der Waals surface area contributed by atoms with Gasteiger partial charge in [-0.15, -0.1) is 0 Å². The van der Waals surface area contributed by atoms with Gasteiger partial charge in [0, 0.05) is 23.3 Å². The molecule has 2 aromatic carbocycles. The summed E-state index contributed by atoms with van der Waals surface area (Å²) in [7, 11) is 0. The molecular weight excluding hydrogens is 246 g/mol. The van der Waals surface area contributed by atoms with E-state index in [0.717, 1.165) is 16.7 Å². The third-order valence-corrected chi connectivity index (χ3v) is 2.93. The average molecular weight is 259 g/mol. The largest absolute Gasteiger partial charge is 0.481 e. The minimum atomic E-state index is 0.384. The zero-order valence-corrected chi connectivity index (χ0v) is 10.9. The van der Waals surface area contributed by atoms with E-state index in [1.54, 1.807) is 6.20 Å². The highest BCUT2D eigenvalue weighted by atomic mass is 16.5. The second kappa shape index (κ2) is 5.90. The molecule has 0 saturated carbocycles. The molecule has 0 atom stereocenters. The van der Waals surface area contributed by atoms with Gasteiger partial charge in [0.05, 0.1) is 0 Å². The van der Waals surface area contributed by atoms with Crippen LogP contribution in [0.2, 0.25) is 0 Å². The van der Waals surface area contributed by atoms with Crippen molar-refractivity contribution < 1.29 is 4.74 Å². The topological polar surface area (TPSA) is 22.1 Å². The lowest BCUT2D eigenvalue weighted by Crippen LogP contribution is -1.93. The molecule has 0 amide bonds.